The minimum atomic E-state index is -0.252. The van der Waals surface area contributed by atoms with E-state index in [2.05, 4.69) is 12.2 Å². The zero-order valence-corrected chi connectivity index (χ0v) is 9.96. The summed E-state index contributed by atoms with van der Waals surface area (Å²) >= 11 is 0. The second-order valence-corrected chi connectivity index (χ2v) is 4.84. The van der Waals surface area contributed by atoms with Gasteiger partial charge in [-0.2, -0.15) is 0 Å². The number of carbonyl (C=O) groups is 1. The molecule has 1 saturated carbocycles. The number of amides is 1. The van der Waals surface area contributed by atoms with Crippen molar-refractivity contribution < 1.29 is 4.79 Å². The van der Waals surface area contributed by atoms with Crippen LogP contribution >= 0.6 is 0 Å². The summed E-state index contributed by atoms with van der Waals surface area (Å²) in [5.41, 5.74) is 5.20. The van der Waals surface area contributed by atoms with Crippen LogP contribution in [0.2, 0.25) is 0 Å². The van der Waals surface area contributed by atoms with Gasteiger partial charge in [0.1, 0.15) is 0 Å². The molecule has 3 atom stereocenters. The normalized spacial score (nSPS) is 28.7. The van der Waals surface area contributed by atoms with Gasteiger partial charge in [0.05, 0.1) is 6.04 Å². The lowest BCUT2D eigenvalue weighted by atomic mass is 9.80. The van der Waals surface area contributed by atoms with Gasteiger partial charge in [0, 0.05) is 0 Å². The molecule has 3 nitrogen and oxygen atoms in total. The first kappa shape index (κ1) is 12.5. The molecule has 0 bridgehead atoms. The lowest BCUT2D eigenvalue weighted by Crippen LogP contribution is -2.41. The molecular weight excluding hydrogens is 188 g/mol. The van der Waals surface area contributed by atoms with Gasteiger partial charge in [0.15, 0.2) is 0 Å². The number of hydrogen-bond acceptors (Lipinski definition) is 2. The fourth-order valence-corrected chi connectivity index (χ4v) is 2.40. The average molecular weight is 212 g/mol. The molecule has 0 aromatic carbocycles. The highest BCUT2D eigenvalue weighted by Crippen LogP contribution is 2.30. The number of rotatable bonds is 5. The second-order valence-electron chi connectivity index (χ2n) is 4.84. The number of primary amides is 1. The zero-order chi connectivity index (χ0) is 11.3. The Labute approximate surface area is 92.8 Å². The Balaban J connectivity index is 2.23. The summed E-state index contributed by atoms with van der Waals surface area (Å²) in [4.78, 5) is 10.9. The molecule has 1 aliphatic carbocycles. The molecule has 3 N–H and O–H groups in total. The molecule has 3 unspecified atom stereocenters. The van der Waals surface area contributed by atoms with E-state index in [-0.39, 0.29) is 11.9 Å². The minimum absolute atomic E-state index is 0.188. The molecule has 0 aromatic rings. The maximum atomic E-state index is 10.9. The maximum Gasteiger partial charge on any atom is 0.234 e. The van der Waals surface area contributed by atoms with E-state index >= 15 is 0 Å². The first-order chi connectivity index (χ1) is 7.13. The molecule has 3 heteroatoms. The highest BCUT2D eigenvalue weighted by Gasteiger charge is 2.21. The zero-order valence-electron chi connectivity index (χ0n) is 9.96. The highest BCUT2D eigenvalue weighted by molar-refractivity contribution is 5.79. The third-order valence-electron chi connectivity index (χ3n) is 3.61. The smallest absolute Gasteiger partial charge is 0.234 e. The highest BCUT2D eigenvalue weighted by atomic mass is 16.1. The number of hydrogen-bond donors (Lipinski definition) is 2. The predicted octanol–water partition coefficient (Wildman–Crippen LogP) is 1.67. The van der Waals surface area contributed by atoms with Crippen LogP contribution in [0.3, 0.4) is 0 Å². The maximum absolute atomic E-state index is 10.9. The van der Waals surface area contributed by atoms with Gasteiger partial charge in [-0.15, -0.1) is 0 Å². The van der Waals surface area contributed by atoms with Crippen LogP contribution in [0.1, 0.15) is 46.0 Å². The van der Waals surface area contributed by atoms with Gasteiger partial charge < -0.3 is 11.1 Å². The van der Waals surface area contributed by atoms with E-state index in [0.29, 0.717) is 0 Å². The van der Waals surface area contributed by atoms with Crippen molar-refractivity contribution in [3.8, 4) is 0 Å². The molecule has 1 rings (SSSR count). The topological polar surface area (TPSA) is 55.1 Å². The van der Waals surface area contributed by atoms with Crippen molar-refractivity contribution in [1.29, 1.82) is 0 Å². The largest absolute Gasteiger partial charge is 0.368 e. The molecule has 0 aliphatic heterocycles. The fourth-order valence-electron chi connectivity index (χ4n) is 2.40. The quantitative estimate of drug-likeness (QED) is 0.728. The molecule has 1 amide bonds. The van der Waals surface area contributed by atoms with Gasteiger partial charge in [0.25, 0.3) is 0 Å². The summed E-state index contributed by atoms with van der Waals surface area (Å²) in [6, 6.07) is -0.188. The summed E-state index contributed by atoms with van der Waals surface area (Å²) < 4.78 is 0. The van der Waals surface area contributed by atoms with Gasteiger partial charge in [-0.3, -0.25) is 4.79 Å². The standard InChI is InChI=1S/C12H24N2O/c1-3-10-5-4-6-11(7-10)8-14-9(2)12(13)15/h9-11,14H,3-8H2,1-2H3,(H2,13,15). The van der Waals surface area contributed by atoms with Crippen LogP contribution in [0, 0.1) is 11.8 Å². The van der Waals surface area contributed by atoms with Crippen molar-refractivity contribution >= 4 is 5.91 Å². The van der Waals surface area contributed by atoms with E-state index in [1.54, 1.807) is 0 Å². The summed E-state index contributed by atoms with van der Waals surface area (Å²) in [6.07, 6.45) is 6.64. The number of nitrogens with two attached hydrogens (primary N) is 1. The van der Waals surface area contributed by atoms with Crippen LogP contribution in [0.5, 0.6) is 0 Å². The molecule has 0 radical (unpaired) electrons. The van der Waals surface area contributed by atoms with Crippen LogP contribution in [0.4, 0.5) is 0 Å². The van der Waals surface area contributed by atoms with Crippen molar-refractivity contribution in [3.05, 3.63) is 0 Å². The van der Waals surface area contributed by atoms with E-state index in [1.165, 1.54) is 32.1 Å². The van der Waals surface area contributed by atoms with Crippen molar-refractivity contribution in [2.24, 2.45) is 17.6 Å². The van der Waals surface area contributed by atoms with E-state index in [1.807, 2.05) is 6.92 Å². The number of carbonyl (C=O) groups excluding carboxylic acids is 1. The fraction of sp³-hybridized carbons (Fsp3) is 0.917. The Bertz CT molecular complexity index is 206. The predicted molar refractivity (Wildman–Crippen MR) is 62.4 cm³/mol. The molecule has 1 fully saturated rings. The van der Waals surface area contributed by atoms with Crippen LogP contribution in [-0.4, -0.2) is 18.5 Å². The monoisotopic (exact) mass is 212 g/mol. The third-order valence-corrected chi connectivity index (χ3v) is 3.61. The molecule has 15 heavy (non-hydrogen) atoms. The summed E-state index contributed by atoms with van der Waals surface area (Å²) in [5.74, 6) is 1.39. The molecule has 0 saturated heterocycles. The first-order valence-corrected chi connectivity index (χ1v) is 6.16. The van der Waals surface area contributed by atoms with E-state index < -0.39 is 0 Å². The van der Waals surface area contributed by atoms with Gasteiger partial charge in [0.2, 0.25) is 5.91 Å². The minimum Gasteiger partial charge on any atom is -0.368 e. The van der Waals surface area contributed by atoms with Crippen molar-refractivity contribution in [2.75, 3.05) is 6.54 Å². The summed E-state index contributed by atoms with van der Waals surface area (Å²) in [7, 11) is 0. The Morgan fingerprint density at radius 3 is 2.73 bits per heavy atom. The molecule has 1 aliphatic rings. The van der Waals surface area contributed by atoms with Gasteiger partial charge >= 0.3 is 0 Å². The lowest BCUT2D eigenvalue weighted by molar-refractivity contribution is -0.119. The number of nitrogens with one attached hydrogen (secondary N) is 1. The SMILES string of the molecule is CCC1CCCC(CNC(C)C(N)=O)C1. The third kappa shape index (κ3) is 4.20. The Morgan fingerprint density at radius 2 is 2.13 bits per heavy atom. The van der Waals surface area contributed by atoms with Crippen LogP contribution < -0.4 is 11.1 Å². The Morgan fingerprint density at radius 1 is 1.47 bits per heavy atom. The lowest BCUT2D eigenvalue weighted by Gasteiger charge is -2.29. The van der Waals surface area contributed by atoms with Crippen LogP contribution in [-0.2, 0) is 4.79 Å². The Kier molecular flexibility index (Phi) is 5.09. The van der Waals surface area contributed by atoms with Gasteiger partial charge in [-0.05, 0) is 38.1 Å². The molecule has 0 aromatic heterocycles. The van der Waals surface area contributed by atoms with E-state index in [9.17, 15) is 4.79 Å². The average Bonchev–Trinajstić information content (AvgIpc) is 2.26. The van der Waals surface area contributed by atoms with Crippen molar-refractivity contribution in [3.63, 3.8) is 0 Å². The molecule has 0 heterocycles. The summed E-state index contributed by atoms with van der Waals surface area (Å²) in [5, 5.41) is 3.22. The first-order valence-electron chi connectivity index (χ1n) is 6.16. The molecule has 88 valence electrons. The van der Waals surface area contributed by atoms with Gasteiger partial charge in [-0.25, -0.2) is 0 Å². The summed E-state index contributed by atoms with van der Waals surface area (Å²) in [6.45, 7) is 5.05. The van der Waals surface area contributed by atoms with E-state index in [0.717, 1.165) is 18.4 Å². The molecular formula is C12H24N2O. The van der Waals surface area contributed by atoms with Crippen molar-refractivity contribution in [1.82, 2.24) is 5.32 Å². The van der Waals surface area contributed by atoms with E-state index in [4.69, 9.17) is 5.73 Å². The molecule has 0 spiro atoms. The van der Waals surface area contributed by atoms with Crippen molar-refractivity contribution in [2.45, 2.75) is 52.0 Å². The van der Waals surface area contributed by atoms with Crippen LogP contribution in [0.15, 0.2) is 0 Å². The second kappa shape index (κ2) is 6.11. The van der Waals surface area contributed by atoms with Crippen LogP contribution in [0.25, 0.3) is 0 Å². The Hall–Kier alpha value is -0.570. The van der Waals surface area contributed by atoms with Gasteiger partial charge in [-0.1, -0.05) is 26.2 Å².